The largest absolute Gasteiger partial charge is 0.465 e. The van der Waals surface area contributed by atoms with Crippen LogP contribution in [0.1, 0.15) is 53.4 Å². The number of hydrogen-bond donors (Lipinski definition) is 1. The number of carbonyl (C=O) groups is 1. The first-order valence-electron chi connectivity index (χ1n) is 5.86. The minimum Gasteiger partial charge on any atom is -0.465 e. The minimum atomic E-state index is -0.151. The van der Waals surface area contributed by atoms with Crippen molar-refractivity contribution in [3.8, 4) is 0 Å². The summed E-state index contributed by atoms with van der Waals surface area (Å²) in [5.41, 5.74) is -0.0266. The maximum atomic E-state index is 11.2. The van der Waals surface area contributed by atoms with Crippen LogP contribution >= 0.6 is 0 Å². The van der Waals surface area contributed by atoms with Crippen LogP contribution in [-0.4, -0.2) is 24.7 Å². The fourth-order valence-electron chi connectivity index (χ4n) is 1.10. The molecule has 0 spiro atoms. The first-order valence-corrected chi connectivity index (χ1v) is 5.86. The maximum absolute atomic E-state index is 11.2. The van der Waals surface area contributed by atoms with Crippen LogP contribution in [0.5, 0.6) is 0 Å². The third-order valence-electron chi connectivity index (χ3n) is 2.02. The molecule has 0 amide bonds. The molecule has 0 aromatic rings. The monoisotopic (exact) mass is 215 g/mol. The van der Waals surface area contributed by atoms with Gasteiger partial charge in [0.05, 0.1) is 13.2 Å². The van der Waals surface area contributed by atoms with Gasteiger partial charge in [0.2, 0.25) is 0 Å². The molecule has 15 heavy (non-hydrogen) atoms. The Morgan fingerprint density at radius 3 is 2.40 bits per heavy atom. The van der Waals surface area contributed by atoms with Crippen LogP contribution < -0.4 is 5.32 Å². The molecule has 3 nitrogen and oxygen atoms in total. The van der Waals surface area contributed by atoms with E-state index in [1.807, 2.05) is 20.8 Å². The Morgan fingerprint density at radius 1 is 1.20 bits per heavy atom. The molecule has 0 unspecified atom stereocenters. The lowest BCUT2D eigenvalue weighted by atomic mass is 10.1. The smallest absolute Gasteiger partial charge is 0.319 e. The van der Waals surface area contributed by atoms with E-state index in [-0.39, 0.29) is 11.5 Å². The number of hydrogen-bond acceptors (Lipinski definition) is 3. The summed E-state index contributed by atoms with van der Waals surface area (Å²) in [6.07, 6.45) is 4.56. The third-order valence-corrected chi connectivity index (χ3v) is 2.02. The van der Waals surface area contributed by atoms with Crippen LogP contribution in [-0.2, 0) is 9.53 Å². The predicted octanol–water partition coefficient (Wildman–Crippen LogP) is 2.50. The highest BCUT2D eigenvalue weighted by molar-refractivity contribution is 5.71. The molecular weight excluding hydrogens is 190 g/mol. The number of rotatable bonds is 7. The molecular formula is C12H25NO2. The van der Waals surface area contributed by atoms with Gasteiger partial charge in [-0.3, -0.25) is 4.79 Å². The highest BCUT2D eigenvalue weighted by Crippen LogP contribution is 2.00. The molecule has 1 N–H and O–H groups in total. The van der Waals surface area contributed by atoms with Crippen LogP contribution in [0.25, 0.3) is 0 Å². The van der Waals surface area contributed by atoms with Gasteiger partial charge in [0.25, 0.3) is 0 Å². The van der Waals surface area contributed by atoms with Gasteiger partial charge in [-0.25, -0.2) is 0 Å². The summed E-state index contributed by atoms with van der Waals surface area (Å²) in [4.78, 5) is 11.2. The van der Waals surface area contributed by atoms with Crippen LogP contribution in [0.2, 0.25) is 0 Å². The zero-order chi connectivity index (χ0) is 11.7. The van der Waals surface area contributed by atoms with Crippen molar-refractivity contribution in [3.05, 3.63) is 0 Å². The lowest BCUT2D eigenvalue weighted by molar-refractivity contribution is -0.143. The van der Waals surface area contributed by atoms with Gasteiger partial charge < -0.3 is 10.1 Å². The van der Waals surface area contributed by atoms with Gasteiger partial charge in [-0.2, -0.15) is 0 Å². The normalized spacial score (nSPS) is 11.5. The van der Waals surface area contributed by atoms with E-state index < -0.39 is 0 Å². The van der Waals surface area contributed by atoms with E-state index in [0.29, 0.717) is 13.2 Å². The Morgan fingerprint density at radius 2 is 1.87 bits per heavy atom. The Bertz CT molecular complexity index is 173. The minimum absolute atomic E-state index is 0.0266. The van der Waals surface area contributed by atoms with E-state index in [1.165, 1.54) is 12.8 Å². The average Bonchev–Trinajstić information content (AvgIpc) is 2.13. The van der Waals surface area contributed by atoms with E-state index in [4.69, 9.17) is 4.74 Å². The molecule has 0 rings (SSSR count). The van der Waals surface area contributed by atoms with Crippen molar-refractivity contribution in [3.63, 3.8) is 0 Å². The van der Waals surface area contributed by atoms with Crippen molar-refractivity contribution < 1.29 is 9.53 Å². The fraction of sp³-hybridized carbons (Fsp3) is 0.917. The van der Waals surface area contributed by atoms with Gasteiger partial charge in [0.1, 0.15) is 0 Å². The van der Waals surface area contributed by atoms with Crippen LogP contribution in [0.3, 0.4) is 0 Å². The summed E-state index contributed by atoms with van der Waals surface area (Å²) in [6.45, 7) is 9.12. The zero-order valence-electron chi connectivity index (χ0n) is 10.6. The molecule has 0 aromatic carbocycles. The molecule has 0 saturated heterocycles. The molecule has 0 aliphatic rings. The van der Waals surface area contributed by atoms with Crippen LogP contribution in [0, 0.1) is 0 Å². The molecule has 90 valence electrons. The second-order valence-electron chi connectivity index (χ2n) is 4.88. The SMILES string of the molecule is CCCCCCOC(=O)CNC(C)(C)C. The zero-order valence-corrected chi connectivity index (χ0v) is 10.6. The highest BCUT2D eigenvalue weighted by Gasteiger charge is 2.11. The average molecular weight is 215 g/mol. The molecule has 0 atom stereocenters. The summed E-state index contributed by atoms with van der Waals surface area (Å²) >= 11 is 0. The summed E-state index contributed by atoms with van der Waals surface area (Å²) in [6, 6.07) is 0. The molecule has 0 radical (unpaired) electrons. The molecule has 0 aromatic heterocycles. The second-order valence-corrected chi connectivity index (χ2v) is 4.88. The van der Waals surface area contributed by atoms with E-state index in [2.05, 4.69) is 12.2 Å². The first kappa shape index (κ1) is 14.4. The molecule has 0 aliphatic carbocycles. The van der Waals surface area contributed by atoms with Crippen molar-refractivity contribution >= 4 is 5.97 Å². The van der Waals surface area contributed by atoms with Gasteiger partial charge in [-0.15, -0.1) is 0 Å². The van der Waals surface area contributed by atoms with Crippen molar-refractivity contribution in [2.45, 2.75) is 58.9 Å². The predicted molar refractivity (Wildman–Crippen MR) is 62.9 cm³/mol. The van der Waals surface area contributed by atoms with Gasteiger partial charge in [-0.05, 0) is 27.2 Å². The highest BCUT2D eigenvalue weighted by atomic mass is 16.5. The molecule has 0 bridgehead atoms. The molecule has 0 saturated carbocycles. The van der Waals surface area contributed by atoms with E-state index in [9.17, 15) is 4.79 Å². The van der Waals surface area contributed by atoms with Crippen molar-refractivity contribution in [2.75, 3.05) is 13.2 Å². The number of carbonyl (C=O) groups excluding carboxylic acids is 1. The lowest BCUT2D eigenvalue weighted by Gasteiger charge is -2.19. The first-order chi connectivity index (χ1) is 6.95. The number of unbranched alkanes of at least 4 members (excludes halogenated alkanes) is 3. The number of nitrogens with one attached hydrogen (secondary N) is 1. The van der Waals surface area contributed by atoms with Gasteiger partial charge in [0, 0.05) is 5.54 Å². The van der Waals surface area contributed by atoms with Crippen molar-refractivity contribution in [1.82, 2.24) is 5.32 Å². The van der Waals surface area contributed by atoms with E-state index >= 15 is 0 Å². The fourth-order valence-corrected chi connectivity index (χ4v) is 1.10. The molecule has 0 fully saturated rings. The summed E-state index contributed by atoms with van der Waals surface area (Å²) in [5.74, 6) is -0.151. The van der Waals surface area contributed by atoms with Crippen LogP contribution in [0.15, 0.2) is 0 Å². The van der Waals surface area contributed by atoms with E-state index in [1.54, 1.807) is 0 Å². The van der Waals surface area contributed by atoms with Crippen molar-refractivity contribution in [1.29, 1.82) is 0 Å². The van der Waals surface area contributed by atoms with Gasteiger partial charge >= 0.3 is 5.97 Å². The number of esters is 1. The topological polar surface area (TPSA) is 38.3 Å². The number of ether oxygens (including phenoxy) is 1. The van der Waals surface area contributed by atoms with Crippen LogP contribution in [0.4, 0.5) is 0 Å². The lowest BCUT2D eigenvalue weighted by Crippen LogP contribution is -2.39. The van der Waals surface area contributed by atoms with Gasteiger partial charge in [-0.1, -0.05) is 26.2 Å². The maximum Gasteiger partial charge on any atom is 0.319 e. The standard InChI is InChI=1S/C12H25NO2/c1-5-6-7-8-9-15-11(14)10-13-12(2,3)4/h13H,5-10H2,1-4H3. The quantitative estimate of drug-likeness (QED) is 0.524. The third kappa shape index (κ3) is 11.4. The summed E-state index contributed by atoms with van der Waals surface area (Å²) in [5, 5.41) is 3.10. The Hall–Kier alpha value is -0.570. The molecule has 3 heteroatoms. The van der Waals surface area contributed by atoms with E-state index in [0.717, 1.165) is 12.8 Å². The molecule has 0 aliphatic heterocycles. The second kappa shape index (κ2) is 7.69. The van der Waals surface area contributed by atoms with Gasteiger partial charge in [0.15, 0.2) is 0 Å². The Balaban J connectivity index is 3.34. The van der Waals surface area contributed by atoms with Crippen molar-refractivity contribution in [2.24, 2.45) is 0 Å². The Kier molecular flexibility index (Phi) is 7.39. The molecule has 0 heterocycles. The summed E-state index contributed by atoms with van der Waals surface area (Å²) in [7, 11) is 0. The summed E-state index contributed by atoms with van der Waals surface area (Å²) < 4.78 is 5.08. The Labute approximate surface area is 93.6 Å².